The molecule has 1 unspecified atom stereocenters. The van der Waals surface area contributed by atoms with Crippen LogP contribution in [0.3, 0.4) is 0 Å². The Kier molecular flexibility index (Phi) is 4.16. The number of aromatic nitrogens is 4. The molecule has 0 saturated heterocycles. The van der Waals surface area contributed by atoms with Crippen molar-refractivity contribution in [3.8, 4) is 11.4 Å². The molecule has 0 aliphatic carbocycles. The molecule has 8 heteroatoms. The average molecular weight is 346 g/mol. The highest BCUT2D eigenvalue weighted by Crippen LogP contribution is 2.29. The number of tetrazole rings is 1. The van der Waals surface area contributed by atoms with Gasteiger partial charge in [0.05, 0.1) is 12.5 Å². The number of nitrogens with zero attached hydrogens (tertiary/aromatic N) is 4. The Morgan fingerprint density at radius 3 is 2.95 bits per heavy atom. The van der Waals surface area contributed by atoms with Crippen LogP contribution in [0, 0.1) is 5.92 Å². The summed E-state index contributed by atoms with van der Waals surface area (Å²) in [7, 11) is 0. The Balaban J connectivity index is 2.36. The molecule has 0 radical (unpaired) electrons. The molecule has 1 atom stereocenters. The van der Waals surface area contributed by atoms with Crippen molar-refractivity contribution in [1.29, 1.82) is 0 Å². The Morgan fingerprint density at radius 2 is 2.32 bits per heavy atom. The molecule has 0 aliphatic rings. The zero-order chi connectivity index (χ0) is 14.0. The highest BCUT2D eigenvalue weighted by atomic mass is 79.9. The number of carboxylic acid groups (broad SMARTS) is 1. The van der Waals surface area contributed by atoms with Crippen molar-refractivity contribution in [3.05, 3.63) is 27.7 Å². The molecule has 2 aromatic rings. The van der Waals surface area contributed by atoms with Gasteiger partial charge in [-0.25, -0.2) is 4.68 Å². The second-order valence-electron chi connectivity index (χ2n) is 4.05. The van der Waals surface area contributed by atoms with E-state index in [1.54, 1.807) is 25.1 Å². The Morgan fingerprint density at radius 1 is 1.58 bits per heavy atom. The summed E-state index contributed by atoms with van der Waals surface area (Å²) in [5.74, 6) is -0.971. The predicted molar refractivity (Wildman–Crippen MR) is 72.8 cm³/mol. The third kappa shape index (κ3) is 3.10. The number of benzene rings is 1. The fourth-order valence-corrected chi connectivity index (χ4v) is 2.39. The number of hydrogen-bond acceptors (Lipinski definition) is 4. The summed E-state index contributed by atoms with van der Waals surface area (Å²) in [6, 6.07) is 5.23. The topological polar surface area (TPSA) is 80.9 Å². The van der Waals surface area contributed by atoms with Crippen molar-refractivity contribution in [2.45, 2.75) is 13.5 Å². The van der Waals surface area contributed by atoms with E-state index < -0.39 is 11.9 Å². The maximum absolute atomic E-state index is 10.9. The van der Waals surface area contributed by atoms with Crippen LogP contribution in [0.1, 0.15) is 6.92 Å². The maximum Gasteiger partial charge on any atom is 0.308 e. The molecule has 1 aromatic carbocycles. The van der Waals surface area contributed by atoms with Crippen LogP contribution in [-0.2, 0) is 11.3 Å². The Labute approximate surface area is 122 Å². The molecule has 0 spiro atoms. The molecule has 0 fully saturated rings. The second-order valence-corrected chi connectivity index (χ2v) is 5.34. The van der Waals surface area contributed by atoms with Crippen LogP contribution >= 0.6 is 27.5 Å². The molecule has 100 valence electrons. The van der Waals surface area contributed by atoms with Gasteiger partial charge in [0, 0.05) is 15.1 Å². The summed E-state index contributed by atoms with van der Waals surface area (Å²) >= 11 is 9.27. The van der Waals surface area contributed by atoms with E-state index in [0.29, 0.717) is 10.8 Å². The van der Waals surface area contributed by atoms with Gasteiger partial charge in [-0.15, -0.1) is 5.10 Å². The summed E-state index contributed by atoms with van der Waals surface area (Å²) in [5, 5.41) is 20.8. The minimum atomic E-state index is -0.892. The number of rotatable bonds is 4. The van der Waals surface area contributed by atoms with E-state index in [1.165, 1.54) is 4.68 Å². The fraction of sp³-hybridized carbons (Fsp3) is 0.273. The zero-order valence-corrected chi connectivity index (χ0v) is 12.3. The lowest BCUT2D eigenvalue weighted by Crippen LogP contribution is -2.18. The van der Waals surface area contributed by atoms with Gasteiger partial charge in [-0.05, 0) is 44.6 Å². The molecular formula is C11H10BrClN4O2. The van der Waals surface area contributed by atoms with Crippen LogP contribution in [0.25, 0.3) is 11.4 Å². The molecule has 1 aromatic heterocycles. The molecule has 0 bridgehead atoms. The van der Waals surface area contributed by atoms with Gasteiger partial charge in [-0.2, -0.15) is 0 Å². The number of aliphatic carboxylic acids is 1. The summed E-state index contributed by atoms with van der Waals surface area (Å²) < 4.78 is 2.21. The standard InChI is InChI=1S/C11H10BrClN4O2/c1-6(11(18)19)5-17-10(14-15-16-17)8-3-2-7(13)4-9(8)12/h2-4,6H,5H2,1H3,(H,18,19). The van der Waals surface area contributed by atoms with Crippen molar-refractivity contribution in [2.24, 2.45) is 5.92 Å². The van der Waals surface area contributed by atoms with Crippen LogP contribution in [-0.4, -0.2) is 31.3 Å². The monoisotopic (exact) mass is 344 g/mol. The third-order valence-electron chi connectivity index (χ3n) is 2.57. The Bertz CT molecular complexity index is 616. The van der Waals surface area contributed by atoms with E-state index in [9.17, 15) is 4.79 Å². The molecule has 1 heterocycles. The zero-order valence-electron chi connectivity index (χ0n) is 9.92. The third-order valence-corrected chi connectivity index (χ3v) is 3.46. The van der Waals surface area contributed by atoms with Crippen LogP contribution in [0.15, 0.2) is 22.7 Å². The number of carbonyl (C=O) groups is 1. The van der Waals surface area contributed by atoms with E-state index in [0.717, 1.165) is 10.0 Å². The van der Waals surface area contributed by atoms with E-state index >= 15 is 0 Å². The first kappa shape index (κ1) is 14.0. The first-order valence-corrected chi connectivity index (χ1v) is 6.60. The SMILES string of the molecule is CC(Cn1nnnc1-c1ccc(Cl)cc1Br)C(=O)O. The van der Waals surface area contributed by atoms with Crippen molar-refractivity contribution in [2.75, 3.05) is 0 Å². The molecule has 6 nitrogen and oxygen atoms in total. The molecule has 0 aliphatic heterocycles. The van der Waals surface area contributed by atoms with Gasteiger partial charge in [-0.3, -0.25) is 4.79 Å². The summed E-state index contributed by atoms with van der Waals surface area (Å²) in [5.41, 5.74) is 0.756. The molecule has 2 rings (SSSR count). The summed E-state index contributed by atoms with van der Waals surface area (Å²) in [6.07, 6.45) is 0. The maximum atomic E-state index is 10.9. The van der Waals surface area contributed by atoms with Crippen molar-refractivity contribution in [3.63, 3.8) is 0 Å². The average Bonchev–Trinajstić information content (AvgIpc) is 2.77. The number of carboxylic acids is 1. The minimum Gasteiger partial charge on any atom is -0.481 e. The molecular weight excluding hydrogens is 336 g/mol. The minimum absolute atomic E-state index is 0.201. The lowest BCUT2D eigenvalue weighted by atomic mass is 10.1. The van der Waals surface area contributed by atoms with Gasteiger partial charge in [0.25, 0.3) is 0 Å². The van der Waals surface area contributed by atoms with Crippen LogP contribution in [0.5, 0.6) is 0 Å². The quantitative estimate of drug-likeness (QED) is 0.920. The number of halogens is 2. The predicted octanol–water partition coefficient (Wildman–Crippen LogP) is 2.48. The molecule has 0 amide bonds. The van der Waals surface area contributed by atoms with Crippen molar-refractivity contribution in [1.82, 2.24) is 20.2 Å². The van der Waals surface area contributed by atoms with Gasteiger partial charge >= 0.3 is 5.97 Å². The molecule has 1 N–H and O–H groups in total. The number of hydrogen-bond donors (Lipinski definition) is 1. The van der Waals surface area contributed by atoms with Gasteiger partial charge in [-0.1, -0.05) is 18.5 Å². The van der Waals surface area contributed by atoms with Crippen molar-refractivity contribution >= 4 is 33.5 Å². The fourth-order valence-electron chi connectivity index (χ4n) is 1.53. The first-order valence-electron chi connectivity index (χ1n) is 5.43. The van der Waals surface area contributed by atoms with Crippen molar-refractivity contribution < 1.29 is 9.90 Å². The smallest absolute Gasteiger partial charge is 0.308 e. The largest absolute Gasteiger partial charge is 0.481 e. The summed E-state index contributed by atoms with van der Waals surface area (Å²) in [6.45, 7) is 1.80. The lowest BCUT2D eigenvalue weighted by Gasteiger charge is -2.09. The molecule has 19 heavy (non-hydrogen) atoms. The lowest BCUT2D eigenvalue weighted by molar-refractivity contribution is -0.141. The van der Waals surface area contributed by atoms with E-state index in [1.807, 2.05) is 0 Å². The van der Waals surface area contributed by atoms with Gasteiger partial charge in [0.15, 0.2) is 5.82 Å². The van der Waals surface area contributed by atoms with Crippen LogP contribution < -0.4 is 0 Å². The highest BCUT2D eigenvalue weighted by Gasteiger charge is 2.17. The Hall–Kier alpha value is -1.47. The van der Waals surface area contributed by atoms with Gasteiger partial charge in [0.2, 0.25) is 0 Å². The first-order chi connectivity index (χ1) is 8.99. The summed E-state index contributed by atoms with van der Waals surface area (Å²) in [4.78, 5) is 10.9. The van der Waals surface area contributed by atoms with Gasteiger partial charge in [0.1, 0.15) is 0 Å². The van der Waals surface area contributed by atoms with Gasteiger partial charge < -0.3 is 5.11 Å². The van der Waals surface area contributed by atoms with E-state index in [-0.39, 0.29) is 6.54 Å². The molecule has 0 saturated carbocycles. The highest BCUT2D eigenvalue weighted by molar-refractivity contribution is 9.10. The van der Waals surface area contributed by atoms with E-state index in [2.05, 4.69) is 31.5 Å². The van der Waals surface area contributed by atoms with Crippen LogP contribution in [0.2, 0.25) is 5.02 Å². The van der Waals surface area contributed by atoms with Crippen LogP contribution in [0.4, 0.5) is 0 Å². The normalized spacial score (nSPS) is 12.4. The van der Waals surface area contributed by atoms with E-state index in [4.69, 9.17) is 16.7 Å². The second kappa shape index (κ2) is 5.66.